The average Bonchev–Trinajstić information content (AvgIpc) is 3.14. The molecule has 1 fully saturated rings. The average molecular weight is 245 g/mol. The SMILES string of the molecule is Cc1c(C2(N=C=O)CC2)ccc2c1OCCCO2. The van der Waals surface area contributed by atoms with Gasteiger partial charge in [-0.05, 0) is 31.4 Å². The lowest BCUT2D eigenvalue weighted by atomic mass is 9.98. The Morgan fingerprint density at radius 2 is 2.06 bits per heavy atom. The molecule has 1 aliphatic heterocycles. The summed E-state index contributed by atoms with van der Waals surface area (Å²) in [5, 5.41) is 0. The first kappa shape index (κ1) is 11.3. The number of hydrogen-bond donors (Lipinski definition) is 0. The Kier molecular flexibility index (Phi) is 2.60. The molecule has 0 unspecified atom stereocenters. The number of fused-ring (bicyclic) bond motifs is 1. The fourth-order valence-electron chi connectivity index (χ4n) is 2.53. The Morgan fingerprint density at radius 3 is 2.78 bits per heavy atom. The molecule has 3 rings (SSSR count). The van der Waals surface area contributed by atoms with Crippen molar-refractivity contribution in [2.24, 2.45) is 4.99 Å². The molecule has 0 N–H and O–H groups in total. The standard InChI is InChI=1S/C14H15NO3/c1-10-11(14(5-6-14)15-9-16)3-4-12-13(10)18-8-2-7-17-12/h3-4H,2,5-8H2,1H3. The fraction of sp³-hybridized carbons (Fsp3) is 0.500. The van der Waals surface area contributed by atoms with Crippen molar-refractivity contribution in [1.29, 1.82) is 0 Å². The van der Waals surface area contributed by atoms with Crippen molar-refractivity contribution in [2.45, 2.75) is 31.7 Å². The number of benzene rings is 1. The molecule has 0 aromatic heterocycles. The molecule has 1 aromatic rings. The first-order valence-electron chi connectivity index (χ1n) is 6.25. The highest BCUT2D eigenvalue weighted by Crippen LogP contribution is 2.52. The van der Waals surface area contributed by atoms with E-state index in [1.165, 1.54) is 0 Å². The summed E-state index contributed by atoms with van der Waals surface area (Å²) >= 11 is 0. The van der Waals surface area contributed by atoms with Gasteiger partial charge in [0.15, 0.2) is 11.5 Å². The second kappa shape index (κ2) is 4.14. The van der Waals surface area contributed by atoms with Gasteiger partial charge in [0.25, 0.3) is 0 Å². The maximum atomic E-state index is 10.5. The van der Waals surface area contributed by atoms with Gasteiger partial charge < -0.3 is 9.47 Å². The van der Waals surface area contributed by atoms with E-state index in [1.54, 1.807) is 6.08 Å². The smallest absolute Gasteiger partial charge is 0.235 e. The van der Waals surface area contributed by atoms with Crippen molar-refractivity contribution < 1.29 is 14.3 Å². The Labute approximate surface area is 106 Å². The monoisotopic (exact) mass is 245 g/mol. The number of rotatable bonds is 2. The Morgan fingerprint density at radius 1 is 1.28 bits per heavy atom. The lowest BCUT2D eigenvalue weighted by Crippen LogP contribution is -2.07. The van der Waals surface area contributed by atoms with E-state index in [9.17, 15) is 4.79 Å². The van der Waals surface area contributed by atoms with Gasteiger partial charge in [-0.3, -0.25) is 0 Å². The van der Waals surface area contributed by atoms with Crippen LogP contribution in [0.5, 0.6) is 11.5 Å². The third-order valence-corrected chi connectivity index (χ3v) is 3.65. The van der Waals surface area contributed by atoms with Crippen LogP contribution < -0.4 is 9.47 Å². The largest absolute Gasteiger partial charge is 0.490 e. The summed E-state index contributed by atoms with van der Waals surface area (Å²) in [5.74, 6) is 1.59. The second-order valence-corrected chi connectivity index (χ2v) is 4.85. The van der Waals surface area contributed by atoms with Crippen molar-refractivity contribution >= 4 is 6.08 Å². The van der Waals surface area contributed by atoms with Gasteiger partial charge in [0, 0.05) is 12.0 Å². The molecule has 0 atom stereocenters. The molecule has 2 aliphatic rings. The number of carbonyl (C=O) groups excluding carboxylic acids is 1. The number of isocyanates is 1. The molecule has 18 heavy (non-hydrogen) atoms. The molecule has 4 heteroatoms. The molecule has 0 saturated heterocycles. The lowest BCUT2D eigenvalue weighted by molar-refractivity contribution is 0.296. The van der Waals surface area contributed by atoms with E-state index < -0.39 is 0 Å². The summed E-state index contributed by atoms with van der Waals surface area (Å²) in [6.07, 6.45) is 4.39. The zero-order valence-electron chi connectivity index (χ0n) is 10.4. The molecule has 1 heterocycles. The van der Waals surface area contributed by atoms with E-state index in [-0.39, 0.29) is 5.54 Å². The highest BCUT2D eigenvalue weighted by atomic mass is 16.5. The molecule has 1 aromatic carbocycles. The maximum absolute atomic E-state index is 10.5. The van der Waals surface area contributed by atoms with Crippen LogP contribution in [0.2, 0.25) is 0 Å². The van der Waals surface area contributed by atoms with Crippen LogP contribution in [0, 0.1) is 6.92 Å². The highest BCUT2D eigenvalue weighted by Gasteiger charge is 2.46. The molecule has 4 nitrogen and oxygen atoms in total. The van der Waals surface area contributed by atoms with E-state index in [0.717, 1.165) is 41.9 Å². The number of nitrogens with zero attached hydrogens (tertiary/aromatic N) is 1. The van der Waals surface area contributed by atoms with Crippen LogP contribution in [-0.4, -0.2) is 19.3 Å². The molecule has 1 aliphatic carbocycles. The highest BCUT2D eigenvalue weighted by molar-refractivity contribution is 5.55. The molecule has 0 radical (unpaired) electrons. The predicted octanol–water partition coefficient (Wildman–Crippen LogP) is 2.48. The van der Waals surface area contributed by atoms with E-state index in [2.05, 4.69) is 4.99 Å². The van der Waals surface area contributed by atoms with Crippen molar-refractivity contribution in [1.82, 2.24) is 0 Å². The molecule has 0 bridgehead atoms. The summed E-state index contributed by atoms with van der Waals surface area (Å²) in [5.41, 5.74) is 1.75. The van der Waals surface area contributed by atoms with Gasteiger partial charge in [0.2, 0.25) is 6.08 Å². The summed E-state index contributed by atoms with van der Waals surface area (Å²) in [7, 11) is 0. The van der Waals surface area contributed by atoms with E-state index in [1.807, 2.05) is 19.1 Å². The summed E-state index contributed by atoms with van der Waals surface area (Å²) in [6.45, 7) is 3.36. The molecular formula is C14H15NO3. The van der Waals surface area contributed by atoms with Gasteiger partial charge in [0.1, 0.15) is 0 Å². The van der Waals surface area contributed by atoms with Gasteiger partial charge >= 0.3 is 0 Å². The third-order valence-electron chi connectivity index (χ3n) is 3.65. The predicted molar refractivity (Wildman–Crippen MR) is 65.8 cm³/mol. The van der Waals surface area contributed by atoms with Crippen molar-refractivity contribution in [3.05, 3.63) is 23.3 Å². The molecule has 0 amide bonds. The van der Waals surface area contributed by atoms with Crippen LogP contribution in [0.25, 0.3) is 0 Å². The Hall–Kier alpha value is -1.80. The number of ether oxygens (including phenoxy) is 2. The van der Waals surface area contributed by atoms with Crippen molar-refractivity contribution in [3.8, 4) is 11.5 Å². The topological polar surface area (TPSA) is 47.9 Å². The number of aliphatic imine (C=N–C) groups is 1. The van der Waals surface area contributed by atoms with E-state index in [0.29, 0.717) is 13.2 Å². The number of hydrogen-bond acceptors (Lipinski definition) is 4. The zero-order chi connectivity index (χ0) is 12.6. The van der Waals surface area contributed by atoms with Crippen LogP contribution in [0.3, 0.4) is 0 Å². The molecular weight excluding hydrogens is 230 g/mol. The third kappa shape index (κ3) is 1.70. The van der Waals surface area contributed by atoms with Crippen molar-refractivity contribution in [2.75, 3.05) is 13.2 Å². The molecule has 94 valence electrons. The fourth-order valence-corrected chi connectivity index (χ4v) is 2.53. The summed E-state index contributed by atoms with van der Waals surface area (Å²) in [4.78, 5) is 14.5. The van der Waals surface area contributed by atoms with Crippen LogP contribution >= 0.6 is 0 Å². The van der Waals surface area contributed by atoms with E-state index in [4.69, 9.17) is 9.47 Å². The van der Waals surface area contributed by atoms with Crippen molar-refractivity contribution in [3.63, 3.8) is 0 Å². The Bertz CT molecular complexity index is 528. The minimum Gasteiger partial charge on any atom is -0.490 e. The second-order valence-electron chi connectivity index (χ2n) is 4.85. The minimum absolute atomic E-state index is 0.351. The summed E-state index contributed by atoms with van der Waals surface area (Å²) < 4.78 is 11.4. The van der Waals surface area contributed by atoms with E-state index >= 15 is 0 Å². The Balaban J connectivity index is 2.08. The summed E-state index contributed by atoms with van der Waals surface area (Å²) in [6, 6.07) is 3.92. The first-order valence-corrected chi connectivity index (χ1v) is 6.25. The van der Waals surface area contributed by atoms with Crippen LogP contribution in [0.1, 0.15) is 30.4 Å². The van der Waals surface area contributed by atoms with Crippen LogP contribution in [-0.2, 0) is 10.3 Å². The first-order chi connectivity index (χ1) is 8.77. The van der Waals surface area contributed by atoms with Crippen LogP contribution in [0.4, 0.5) is 0 Å². The van der Waals surface area contributed by atoms with Gasteiger partial charge in [-0.25, -0.2) is 4.79 Å². The normalized spacial score (nSPS) is 19.6. The lowest BCUT2D eigenvalue weighted by Gasteiger charge is -2.17. The van der Waals surface area contributed by atoms with Gasteiger partial charge in [-0.1, -0.05) is 6.07 Å². The maximum Gasteiger partial charge on any atom is 0.235 e. The zero-order valence-corrected chi connectivity index (χ0v) is 10.4. The molecule has 1 saturated carbocycles. The quantitative estimate of drug-likeness (QED) is 0.594. The van der Waals surface area contributed by atoms with Crippen LogP contribution in [0.15, 0.2) is 17.1 Å². The van der Waals surface area contributed by atoms with Gasteiger partial charge in [-0.15, -0.1) is 0 Å². The minimum atomic E-state index is -0.351. The molecule has 0 spiro atoms. The van der Waals surface area contributed by atoms with Gasteiger partial charge in [-0.2, -0.15) is 4.99 Å². The van der Waals surface area contributed by atoms with Gasteiger partial charge in [0.05, 0.1) is 18.8 Å².